The fourth-order valence-corrected chi connectivity index (χ4v) is 1.81. The Morgan fingerprint density at radius 2 is 2.21 bits per heavy atom. The number of H-pyrrole nitrogens is 1. The highest BCUT2D eigenvalue weighted by molar-refractivity contribution is 7.98. The minimum atomic E-state index is 0.671. The smallest absolute Gasteiger partial charge is 0.184 e. The number of aromatic nitrogens is 4. The second-order valence-corrected chi connectivity index (χ2v) is 3.67. The largest absolute Gasteiger partial charge is 0.398 e. The maximum absolute atomic E-state index is 5.77. The minimum absolute atomic E-state index is 0.671. The Morgan fingerprint density at radius 3 is 2.93 bits per heavy atom. The quantitative estimate of drug-likeness (QED) is 0.581. The molecule has 5 nitrogen and oxygen atoms in total. The molecule has 1 aromatic carbocycles. The molecule has 2 rings (SSSR count). The standard InChI is InChI=1S/C8H9N5S/c9-6-3-1-2-4-7(6)14-5-8-10-12-13-11-8/h1-4H,5,9H2,(H,10,11,12,13). The van der Waals surface area contributed by atoms with Crippen molar-refractivity contribution < 1.29 is 0 Å². The average molecular weight is 207 g/mol. The summed E-state index contributed by atoms with van der Waals surface area (Å²) < 4.78 is 0. The van der Waals surface area contributed by atoms with Crippen LogP contribution in [-0.4, -0.2) is 20.6 Å². The third-order valence-electron chi connectivity index (χ3n) is 1.66. The van der Waals surface area contributed by atoms with Crippen LogP contribution in [0.3, 0.4) is 0 Å². The van der Waals surface area contributed by atoms with Crippen LogP contribution >= 0.6 is 11.8 Å². The van der Waals surface area contributed by atoms with Gasteiger partial charge < -0.3 is 5.73 Å². The Balaban J connectivity index is 2.02. The number of para-hydroxylation sites is 1. The van der Waals surface area contributed by atoms with E-state index >= 15 is 0 Å². The predicted octanol–water partition coefficient (Wildman–Crippen LogP) is 1.07. The fourth-order valence-electron chi connectivity index (χ4n) is 0.998. The zero-order valence-electron chi connectivity index (χ0n) is 7.34. The van der Waals surface area contributed by atoms with E-state index in [1.54, 1.807) is 11.8 Å². The first kappa shape index (κ1) is 9.01. The Hall–Kier alpha value is -1.56. The van der Waals surface area contributed by atoms with E-state index in [9.17, 15) is 0 Å². The highest BCUT2D eigenvalue weighted by Crippen LogP contribution is 2.26. The molecule has 0 aliphatic carbocycles. The summed E-state index contributed by atoms with van der Waals surface area (Å²) in [5, 5.41) is 13.6. The molecular weight excluding hydrogens is 198 g/mol. The van der Waals surface area contributed by atoms with Gasteiger partial charge in [0, 0.05) is 10.6 Å². The molecule has 2 aromatic rings. The van der Waals surface area contributed by atoms with Gasteiger partial charge in [-0.25, -0.2) is 0 Å². The Morgan fingerprint density at radius 1 is 1.36 bits per heavy atom. The molecule has 0 fully saturated rings. The number of rotatable bonds is 3. The number of anilines is 1. The van der Waals surface area contributed by atoms with E-state index in [1.807, 2.05) is 24.3 Å². The zero-order chi connectivity index (χ0) is 9.80. The van der Waals surface area contributed by atoms with Gasteiger partial charge in [-0.1, -0.05) is 17.3 Å². The maximum atomic E-state index is 5.77. The van der Waals surface area contributed by atoms with Gasteiger partial charge in [-0.3, -0.25) is 0 Å². The number of thioether (sulfide) groups is 1. The fraction of sp³-hybridized carbons (Fsp3) is 0.125. The van der Waals surface area contributed by atoms with E-state index in [0.717, 1.165) is 10.6 Å². The lowest BCUT2D eigenvalue weighted by Gasteiger charge is -2.01. The molecule has 0 unspecified atom stereocenters. The van der Waals surface area contributed by atoms with Crippen molar-refractivity contribution in [1.82, 2.24) is 20.6 Å². The molecule has 6 heteroatoms. The van der Waals surface area contributed by atoms with Gasteiger partial charge in [-0.15, -0.1) is 22.0 Å². The summed E-state index contributed by atoms with van der Waals surface area (Å²) >= 11 is 1.59. The molecule has 3 N–H and O–H groups in total. The number of nitrogens with one attached hydrogen (secondary N) is 1. The normalized spacial score (nSPS) is 10.3. The zero-order valence-corrected chi connectivity index (χ0v) is 8.16. The lowest BCUT2D eigenvalue weighted by Crippen LogP contribution is -1.89. The summed E-state index contributed by atoms with van der Waals surface area (Å²) in [7, 11) is 0. The first-order valence-electron chi connectivity index (χ1n) is 4.06. The summed E-state index contributed by atoms with van der Waals surface area (Å²) in [5.41, 5.74) is 6.55. The Kier molecular flexibility index (Phi) is 2.64. The summed E-state index contributed by atoms with van der Waals surface area (Å²) in [5.74, 6) is 1.35. The van der Waals surface area contributed by atoms with E-state index in [4.69, 9.17) is 5.73 Å². The first-order valence-corrected chi connectivity index (χ1v) is 5.04. The van der Waals surface area contributed by atoms with Crippen molar-refractivity contribution in [3.05, 3.63) is 30.1 Å². The van der Waals surface area contributed by atoms with E-state index in [2.05, 4.69) is 20.6 Å². The van der Waals surface area contributed by atoms with Gasteiger partial charge in [0.25, 0.3) is 0 Å². The van der Waals surface area contributed by atoms with Crippen molar-refractivity contribution in [2.75, 3.05) is 5.73 Å². The molecule has 0 saturated heterocycles. The average Bonchev–Trinajstić information content (AvgIpc) is 2.69. The first-order chi connectivity index (χ1) is 6.86. The second kappa shape index (κ2) is 4.10. The van der Waals surface area contributed by atoms with Crippen molar-refractivity contribution in [1.29, 1.82) is 0 Å². The van der Waals surface area contributed by atoms with Crippen molar-refractivity contribution in [2.24, 2.45) is 0 Å². The number of tetrazole rings is 1. The summed E-state index contributed by atoms with van der Waals surface area (Å²) in [6.07, 6.45) is 0. The molecule has 14 heavy (non-hydrogen) atoms. The van der Waals surface area contributed by atoms with Crippen molar-refractivity contribution in [2.45, 2.75) is 10.6 Å². The molecule has 0 saturated carbocycles. The summed E-state index contributed by atoms with van der Waals surface area (Å²) in [6.45, 7) is 0. The number of nitrogens with two attached hydrogens (primary N) is 1. The molecule has 0 aliphatic heterocycles. The number of aromatic amines is 1. The van der Waals surface area contributed by atoms with Crippen LogP contribution in [0.4, 0.5) is 5.69 Å². The molecule has 0 radical (unpaired) electrons. The van der Waals surface area contributed by atoms with E-state index in [-0.39, 0.29) is 0 Å². The third kappa shape index (κ3) is 2.02. The van der Waals surface area contributed by atoms with Crippen LogP contribution in [0.25, 0.3) is 0 Å². The van der Waals surface area contributed by atoms with Crippen LogP contribution in [0, 0.1) is 0 Å². The van der Waals surface area contributed by atoms with E-state index in [0.29, 0.717) is 11.6 Å². The second-order valence-electron chi connectivity index (χ2n) is 2.65. The number of nitrogen functional groups attached to an aromatic ring is 1. The van der Waals surface area contributed by atoms with Gasteiger partial charge in [0.1, 0.15) is 0 Å². The molecule has 0 aliphatic rings. The lowest BCUT2D eigenvalue weighted by atomic mass is 10.3. The summed E-state index contributed by atoms with van der Waals surface area (Å²) in [4.78, 5) is 1.04. The minimum Gasteiger partial charge on any atom is -0.398 e. The monoisotopic (exact) mass is 207 g/mol. The van der Waals surface area contributed by atoms with Crippen molar-refractivity contribution in [3.8, 4) is 0 Å². The predicted molar refractivity (Wildman–Crippen MR) is 54.6 cm³/mol. The lowest BCUT2D eigenvalue weighted by molar-refractivity contribution is 0.881. The number of nitrogens with zero attached hydrogens (tertiary/aromatic N) is 3. The topological polar surface area (TPSA) is 80.5 Å². The molecule has 0 atom stereocenters. The number of hydrogen-bond donors (Lipinski definition) is 2. The molecule has 0 bridgehead atoms. The molecule has 1 heterocycles. The highest BCUT2D eigenvalue weighted by atomic mass is 32.2. The highest BCUT2D eigenvalue weighted by Gasteiger charge is 2.02. The van der Waals surface area contributed by atoms with Gasteiger partial charge in [0.05, 0.1) is 5.75 Å². The van der Waals surface area contributed by atoms with Crippen LogP contribution in [-0.2, 0) is 5.75 Å². The number of hydrogen-bond acceptors (Lipinski definition) is 5. The van der Waals surface area contributed by atoms with Gasteiger partial charge in [0.15, 0.2) is 5.82 Å². The molecule has 1 aromatic heterocycles. The molecule has 0 amide bonds. The van der Waals surface area contributed by atoms with E-state index < -0.39 is 0 Å². The SMILES string of the molecule is Nc1ccccc1SCc1nn[nH]n1. The Bertz CT molecular complexity index is 400. The van der Waals surface area contributed by atoms with Gasteiger partial charge in [0.2, 0.25) is 0 Å². The maximum Gasteiger partial charge on any atom is 0.184 e. The summed E-state index contributed by atoms with van der Waals surface area (Å²) in [6, 6.07) is 7.71. The van der Waals surface area contributed by atoms with Crippen LogP contribution in [0.5, 0.6) is 0 Å². The molecular formula is C8H9N5S. The van der Waals surface area contributed by atoms with Gasteiger partial charge >= 0.3 is 0 Å². The van der Waals surface area contributed by atoms with Gasteiger partial charge in [-0.05, 0) is 12.1 Å². The van der Waals surface area contributed by atoms with Crippen LogP contribution in [0.2, 0.25) is 0 Å². The van der Waals surface area contributed by atoms with Crippen molar-refractivity contribution >= 4 is 17.4 Å². The van der Waals surface area contributed by atoms with Crippen LogP contribution in [0.15, 0.2) is 29.2 Å². The molecule has 72 valence electrons. The van der Waals surface area contributed by atoms with Gasteiger partial charge in [-0.2, -0.15) is 5.21 Å². The number of benzene rings is 1. The Labute approximate surface area is 85.1 Å². The van der Waals surface area contributed by atoms with Crippen LogP contribution < -0.4 is 5.73 Å². The van der Waals surface area contributed by atoms with E-state index in [1.165, 1.54) is 0 Å². The third-order valence-corrected chi connectivity index (χ3v) is 2.75. The molecule has 0 spiro atoms. The van der Waals surface area contributed by atoms with Crippen molar-refractivity contribution in [3.63, 3.8) is 0 Å². The van der Waals surface area contributed by atoms with Crippen LogP contribution in [0.1, 0.15) is 5.82 Å².